The average Bonchev–Trinajstić information content (AvgIpc) is 2.62. The summed E-state index contributed by atoms with van der Waals surface area (Å²) in [5.74, 6) is -0.0940. The second-order valence-electron chi connectivity index (χ2n) is 5.80. The molecule has 2 aromatic carbocycles. The molecule has 0 bridgehead atoms. The van der Waals surface area contributed by atoms with Crippen LogP contribution in [0.1, 0.15) is 44.6 Å². The summed E-state index contributed by atoms with van der Waals surface area (Å²) in [7, 11) is 0. The number of carbonyl (C=O) groups excluding carboxylic acids is 1. The van der Waals surface area contributed by atoms with Gasteiger partial charge in [-0.15, -0.1) is 0 Å². The van der Waals surface area contributed by atoms with Crippen LogP contribution in [0.4, 0.5) is 0 Å². The number of benzene rings is 2. The van der Waals surface area contributed by atoms with Crippen LogP contribution in [-0.2, 0) is 16.0 Å². The van der Waals surface area contributed by atoms with Gasteiger partial charge in [0.15, 0.2) is 0 Å². The van der Waals surface area contributed by atoms with Gasteiger partial charge >= 0.3 is 5.97 Å². The SMILES string of the molecule is CCC(=O)OCCCCCCc1ccc(-c2ccccc2)cc1. The molecule has 0 saturated heterocycles. The molecule has 0 saturated carbocycles. The minimum absolute atomic E-state index is 0.0940. The zero-order valence-corrected chi connectivity index (χ0v) is 14.0. The molecule has 2 heteroatoms. The van der Waals surface area contributed by atoms with Crippen molar-refractivity contribution in [1.82, 2.24) is 0 Å². The normalized spacial score (nSPS) is 10.5. The van der Waals surface area contributed by atoms with E-state index < -0.39 is 0 Å². The van der Waals surface area contributed by atoms with Gasteiger partial charge in [-0.05, 0) is 36.0 Å². The summed E-state index contributed by atoms with van der Waals surface area (Å²) in [4.78, 5) is 11.0. The molecular weight excluding hydrogens is 284 g/mol. The topological polar surface area (TPSA) is 26.3 Å². The van der Waals surface area contributed by atoms with E-state index in [-0.39, 0.29) is 5.97 Å². The van der Waals surface area contributed by atoms with Crippen molar-refractivity contribution in [2.75, 3.05) is 6.61 Å². The smallest absolute Gasteiger partial charge is 0.305 e. The highest BCUT2D eigenvalue weighted by Crippen LogP contribution is 2.20. The van der Waals surface area contributed by atoms with Crippen molar-refractivity contribution in [3.05, 3.63) is 60.2 Å². The second-order valence-corrected chi connectivity index (χ2v) is 5.80. The lowest BCUT2D eigenvalue weighted by Crippen LogP contribution is -2.03. The molecule has 122 valence electrons. The maximum absolute atomic E-state index is 11.0. The van der Waals surface area contributed by atoms with E-state index in [1.807, 2.05) is 13.0 Å². The molecule has 0 aliphatic heterocycles. The number of carbonyl (C=O) groups is 1. The minimum atomic E-state index is -0.0940. The number of hydrogen-bond acceptors (Lipinski definition) is 2. The van der Waals surface area contributed by atoms with Crippen LogP contribution in [0.3, 0.4) is 0 Å². The van der Waals surface area contributed by atoms with Crippen LogP contribution in [0, 0.1) is 0 Å². The largest absolute Gasteiger partial charge is 0.466 e. The Kier molecular flexibility index (Phi) is 7.38. The van der Waals surface area contributed by atoms with E-state index in [4.69, 9.17) is 4.74 Å². The third-order valence-electron chi connectivity index (χ3n) is 3.97. The Morgan fingerprint density at radius 2 is 1.48 bits per heavy atom. The summed E-state index contributed by atoms with van der Waals surface area (Å²) in [5.41, 5.74) is 3.93. The van der Waals surface area contributed by atoms with E-state index in [0.29, 0.717) is 13.0 Å². The Bertz CT molecular complexity index is 573. The fourth-order valence-corrected chi connectivity index (χ4v) is 2.57. The molecule has 0 aliphatic rings. The van der Waals surface area contributed by atoms with Gasteiger partial charge in [-0.3, -0.25) is 4.79 Å². The van der Waals surface area contributed by atoms with Crippen LogP contribution < -0.4 is 0 Å². The zero-order chi connectivity index (χ0) is 16.3. The quantitative estimate of drug-likeness (QED) is 0.457. The van der Waals surface area contributed by atoms with Crippen LogP contribution >= 0.6 is 0 Å². The van der Waals surface area contributed by atoms with Crippen molar-refractivity contribution in [1.29, 1.82) is 0 Å². The van der Waals surface area contributed by atoms with Gasteiger partial charge < -0.3 is 4.74 Å². The van der Waals surface area contributed by atoms with Crippen molar-refractivity contribution in [2.24, 2.45) is 0 Å². The van der Waals surface area contributed by atoms with Gasteiger partial charge in [0, 0.05) is 6.42 Å². The first kappa shape index (κ1) is 17.3. The van der Waals surface area contributed by atoms with Gasteiger partial charge in [0.25, 0.3) is 0 Å². The van der Waals surface area contributed by atoms with E-state index >= 15 is 0 Å². The predicted octanol–water partition coefficient (Wildman–Crippen LogP) is 5.41. The van der Waals surface area contributed by atoms with Crippen LogP contribution in [-0.4, -0.2) is 12.6 Å². The first-order valence-electron chi connectivity index (χ1n) is 8.59. The average molecular weight is 310 g/mol. The molecule has 0 radical (unpaired) electrons. The van der Waals surface area contributed by atoms with E-state index in [0.717, 1.165) is 19.3 Å². The summed E-state index contributed by atoms with van der Waals surface area (Å²) in [5, 5.41) is 0. The molecule has 2 aromatic rings. The summed E-state index contributed by atoms with van der Waals surface area (Å²) >= 11 is 0. The highest BCUT2D eigenvalue weighted by molar-refractivity contribution is 5.68. The van der Waals surface area contributed by atoms with E-state index in [2.05, 4.69) is 48.5 Å². The van der Waals surface area contributed by atoms with Crippen molar-refractivity contribution < 1.29 is 9.53 Å². The van der Waals surface area contributed by atoms with Gasteiger partial charge in [0.2, 0.25) is 0 Å². The summed E-state index contributed by atoms with van der Waals surface area (Å²) < 4.78 is 5.07. The molecule has 2 rings (SSSR count). The summed E-state index contributed by atoms with van der Waals surface area (Å²) in [6, 6.07) is 19.3. The molecule has 0 aromatic heterocycles. The molecule has 0 spiro atoms. The third kappa shape index (κ3) is 6.27. The first-order chi connectivity index (χ1) is 11.3. The lowest BCUT2D eigenvalue weighted by atomic mass is 10.0. The number of hydrogen-bond donors (Lipinski definition) is 0. The molecule has 2 nitrogen and oxygen atoms in total. The minimum Gasteiger partial charge on any atom is -0.466 e. The molecule has 0 N–H and O–H groups in total. The van der Waals surface area contributed by atoms with E-state index in [9.17, 15) is 4.79 Å². The number of unbranched alkanes of at least 4 members (excludes halogenated alkanes) is 3. The Labute approximate surface area is 139 Å². The molecule has 23 heavy (non-hydrogen) atoms. The Morgan fingerprint density at radius 3 is 2.17 bits per heavy atom. The lowest BCUT2D eigenvalue weighted by Gasteiger charge is -2.05. The second kappa shape index (κ2) is 9.83. The fourth-order valence-electron chi connectivity index (χ4n) is 2.57. The van der Waals surface area contributed by atoms with Crippen LogP contribution in [0.25, 0.3) is 11.1 Å². The number of rotatable bonds is 9. The maximum atomic E-state index is 11.0. The number of ether oxygens (including phenoxy) is 1. The van der Waals surface area contributed by atoms with Gasteiger partial charge in [0.1, 0.15) is 0 Å². The fraction of sp³-hybridized carbons (Fsp3) is 0.381. The molecule has 0 atom stereocenters. The van der Waals surface area contributed by atoms with Gasteiger partial charge in [0.05, 0.1) is 6.61 Å². The van der Waals surface area contributed by atoms with Gasteiger partial charge in [-0.1, -0.05) is 74.4 Å². The lowest BCUT2D eigenvalue weighted by molar-refractivity contribution is -0.143. The summed E-state index contributed by atoms with van der Waals surface area (Å²) in [6.07, 6.45) is 6.05. The van der Waals surface area contributed by atoms with Crippen molar-refractivity contribution >= 4 is 5.97 Å². The Hall–Kier alpha value is -2.09. The molecule has 0 fully saturated rings. The monoisotopic (exact) mass is 310 g/mol. The highest BCUT2D eigenvalue weighted by atomic mass is 16.5. The predicted molar refractivity (Wildman–Crippen MR) is 95.3 cm³/mol. The Balaban J connectivity index is 1.64. The number of esters is 1. The standard InChI is InChI=1S/C21H26O2/c1-2-21(22)23-17-9-4-3-6-10-18-13-15-20(16-14-18)19-11-7-5-8-12-19/h5,7-8,11-16H,2-4,6,9-10,17H2,1H3. The number of aryl methyl sites for hydroxylation is 1. The molecule has 0 amide bonds. The third-order valence-corrected chi connectivity index (χ3v) is 3.97. The van der Waals surface area contributed by atoms with Crippen LogP contribution in [0.2, 0.25) is 0 Å². The highest BCUT2D eigenvalue weighted by Gasteiger charge is 1.99. The van der Waals surface area contributed by atoms with Crippen molar-refractivity contribution in [3.63, 3.8) is 0 Å². The maximum Gasteiger partial charge on any atom is 0.305 e. The van der Waals surface area contributed by atoms with Crippen molar-refractivity contribution in [3.8, 4) is 11.1 Å². The molecule has 0 heterocycles. The van der Waals surface area contributed by atoms with Gasteiger partial charge in [-0.25, -0.2) is 0 Å². The van der Waals surface area contributed by atoms with Gasteiger partial charge in [-0.2, -0.15) is 0 Å². The van der Waals surface area contributed by atoms with Crippen molar-refractivity contribution in [2.45, 2.75) is 45.4 Å². The molecular formula is C21H26O2. The molecule has 0 unspecified atom stereocenters. The van der Waals surface area contributed by atoms with E-state index in [1.165, 1.54) is 29.5 Å². The summed E-state index contributed by atoms with van der Waals surface area (Å²) in [6.45, 7) is 2.39. The Morgan fingerprint density at radius 1 is 0.826 bits per heavy atom. The van der Waals surface area contributed by atoms with Crippen LogP contribution in [0.15, 0.2) is 54.6 Å². The van der Waals surface area contributed by atoms with Crippen LogP contribution in [0.5, 0.6) is 0 Å². The first-order valence-corrected chi connectivity index (χ1v) is 8.59. The van der Waals surface area contributed by atoms with E-state index in [1.54, 1.807) is 0 Å². The zero-order valence-electron chi connectivity index (χ0n) is 14.0. The molecule has 0 aliphatic carbocycles.